The minimum atomic E-state index is 0.535. The van der Waals surface area contributed by atoms with Gasteiger partial charge in [0, 0.05) is 23.8 Å². The highest BCUT2D eigenvalue weighted by Crippen LogP contribution is 2.22. The number of rotatable bonds is 7. The van der Waals surface area contributed by atoms with Crippen molar-refractivity contribution < 1.29 is 0 Å². The fourth-order valence-electron chi connectivity index (χ4n) is 2.35. The van der Waals surface area contributed by atoms with Crippen LogP contribution in [0.4, 0.5) is 0 Å². The Kier molecular flexibility index (Phi) is 4.38. The van der Waals surface area contributed by atoms with Crippen LogP contribution in [0.25, 0.3) is 0 Å². The van der Waals surface area contributed by atoms with Gasteiger partial charge in [0.25, 0.3) is 0 Å². The van der Waals surface area contributed by atoms with Crippen molar-refractivity contribution in [3.05, 3.63) is 17.0 Å². The number of aryl methyl sites for hydroxylation is 2. The van der Waals surface area contributed by atoms with Gasteiger partial charge in [-0.05, 0) is 25.7 Å². The summed E-state index contributed by atoms with van der Waals surface area (Å²) in [4.78, 5) is 0. The summed E-state index contributed by atoms with van der Waals surface area (Å²) in [6.45, 7) is 5.97. The van der Waals surface area contributed by atoms with E-state index in [2.05, 4.69) is 30.3 Å². The van der Waals surface area contributed by atoms with Crippen LogP contribution in [-0.4, -0.2) is 15.8 Å². The van der Waals surface area contributed by atoms with Gasteiger partial charge in [-0.3, -0.25) is 4.68 Å². The van der Waals surface area contributed by atoms with Gasteiger partial charge in [-0.25, -0.2) is 0 Å². The fourth-order valence-corrected chi connectivity index (χ4v) is 2.35. The third-order valence-electron chi connectivity index (χ3n) is 3.50. The first-order valence-corrected chi connectivity index (χ1v) is 6.97. The molecular weight excluding hydrogens is 224 g/mol. The molecule has 0 aliphatic heterocycles. The maximum absolute atomic E-state index is 8.71. The van der Waals surface area contributed by atoms with Gasteiger partial charge in [0.1, 0.15) is 0 Å². The van der Waals surface area contributed by atoms with Crippen molar-refractivity contribution in [1.82, 2.24) is 15.1 Å². The molecule has 1 aromatic rings. The quantitative estimate of drug-likeness (QED) is 0.802. The Hall–Kier alpha value is -1.34. The summed E-state index contributed by atoms with van der Waals surface area (Å²) in [7, 11) is 0. The van der Waals surface area contributed by atoms with Gasteiger partial charge in [0.2, 0.25) is 0 Å². The van der Waals surface area contributed by atoms with Crippen molar-refractivity contribution in [2.75, 3.05) is 0 Å². The van der Waals surface area contributed by atoms with Crippen molar-refractivity contribution in [3.63, 3.8) is 0 Å². The first-order valence-electron chi connectivity index (χ1n) is 6.97. The van der Waals surface area contributed by atoms with Gasteiger partial charge in [-0.1, -0.05) is 13.8 Å². The van der Waals surface area contributed by atoms with Crippen LogP contribution >= 0.6 is 0 Å². The van der Waals surface area contributed by atoms with Crippen LogP contribution in [0.1, 0.15) is 50.1 Å². The zero-order chi connectivity index (χ0) is 13.0. The molecule has 0 radical (unpaired) electrons. The lowest BCUT2D eigenvalue weighted by Crippen LogP contribution is -2.17. The van der Waals surface area contributed by atoms with E-state index >= 15 is 0 Å². The Morgan fingerprint density at radius 2 is 2.17 bits per heavy atom. The molecule has 0 aromatic carbocycles. The molecule has 1 aliphatic rings. The molecule has 1 N–H and O–H groups in total. The third kappa shape index (κ3) is 2.91. The van der Waals surface area contributed by atoms with Gasteiger partial charge in [-0.15, -0.1) is 0 Å². The van der Waals surface area contributed by atoms with E-state index < -0.39 is 0 Å². The number of hydrogen-bond donors (Lipinski definition) is 1. The summed E-state index contributed by atoms with van der Waals surface area (Å²) in [5, 5.41) is 16.9. The van der Waals surface area contributed by atoms with Gasteiger partial charge < -0.3 is 5.32 Å². The Labute approximate surface area is 109 Å². The number of aromatic nitrogens is 2. The Balaban J connectivity index is 2.16. The van der Waals surface area contributed by atoms with E-state index in [0.717, 1.165) is 32.0 Å². The highest BCUT2D eigenvalue weighted by atomic mass is 15.3. The first-order chi connectivity index (χ1) is 8.80. The Bertz CT molecular complexity index is 437. The molecule has 1 aromatic heterocycles. The molecule has 1 heterocycles. The highest BCUT2D eigenvalue weighted by molar-refractivity contribution is 5.27. The molecule has 0 saturated heterocycles. The second-order valence-corrected chi connectivity index (χ2v) is 4.87. The number of nitrogens with one attached hydrogen (secondary N) is 1. The second kappa shape index (κ2) is 6.01. The monoisotopic (exact) mass is 246 g/mol. The van der Waals surface area contributed by atoms with E-state index in [-0.39, 0.29) is 0 Å². The average Bonchev–Trinajstić information content (AvgIpc) is 3.15. The third-order valence-corrected chi connectivity index (χ3v) is 3.50. The maximum atomic E-state index is 8.71. The Morgan fingerprint density at radius 1 is 1.39 bits per heavy atom. The minimum Gasteiger partial charge on any atom is -0.310 e. The van der Waals surface area contributed by atoms with Crippen molar-refractivity contribution in [2.45, 2.75) is 65.1 Å². The molecule has 0 atom stereocenters. The number of nitrogens with zero attached hydrogens (tertiary/aromatic N) is 3. The van der Waals surface area contributed by atoms with Crippen molar-refractivity contribution in [1.29, 1.82) is 5.26 Å². The van der Waals surface area contributed by atoms with E-state index in [0.29, 0.717) is 6.42 Å². The smallest absolute Gasteiger partial charge is 0.0669 e. The van der Waals surface area contributed by atoms with E-state index in [4.69, 9.17) is 5.26 Å². The predicted octanol–water partition coefficient (Wildman–Crippen LogP) is 2.17. The van der Waals surface area contributed by atoms with Crippen molar-refractivity contribution in [3.8, 4) is 6.07 Å². The molecule has 18 heavy (non-hydrogen) atoms. The van der Waals surface area contributed by atoms with Crippen LogP contribution < -0.4 is 5.32 Å². The van der Waals surface area contributed by atoms with Crippen LogP contribution in [0.3, 0.4) is 0 Å². The van der Waals surface area contributed by atoms with Gasteiger partial charge in [-0.2, -0.15) is 10.4 Å². The normalized spacial score (nSPS) is 14.7. The van der Waals surface area contributed by atoms with Gasteiger partial charge in [0.05, 0.1) is 24.7 Å². The largest absolute Gasteiger partial charge is 0.310 e. The van der Waals surface area contributed by atoms with Crippen molar-refractivity contribution >= 4 is 0 Å². The second-order valence-electron chi connectivity index (χ2n) is 4.87. The predicted molar refractivity (Wildman–Crippen MR) is 71.1 cm³/mol. The Morgan fingerprint density at radius 3 is 2.72 bits per heavy atom. The van der Waals surface area contributed by atoms with E-state index in [1.54, 1.807) is 0 Å². The van der Waals surface area contributed by atoms with E-state index in [1.807, 2.05) is 4.68 Å². The van der Waals surface area contributed by atoms with Gasteiger partial charge in [0.15, 0.2) is 0 Å². The molecule has 4 heteroatoms. The van der Waals surface area contributed by atoms with Crippen LogP contribution in [-0.2, 0) is 25.9 Å². The average molecular weight is 246 g/mol. The molecule has 0 amide bonds. The first kappa shape index (κ1) is 13.1. The molecule has 98 valence electrons. The summed E-state index contributed by atoms with van der Waals surface area (Å²) in [5.41, 5.74) is 3.86. The van der Waals surface area contributed by atoms with Crippen LogP contribution in [0.2, 0.25) is 0 Å². The summed E-state index contributed by atoms with van der Waals surface area (Å²) < 4.78 is 2.03. The van der Waals surface area contributed by atoms with E-state index in [9.17, 15) is 0 Å². The maximum Gasteiger partial charge on any atom is 0.0669 e. The molecular formula is C14H22N4. The molecule has 0 bridgehead atoms. The lowest BCUT2D eigenvalue weighted by atomic mass is 10.1. The van der Waals surface area contributed by atoms with Crippen LogP contribution in [0.15, 0.2) is 0 Å². The van der Waals surface area contributed by atoms with Crippen molar-refractivity contribution in [2.24, 2.45) is 0 Å². The summed E-state index contributed by atoms with van der Waals surface area (Å²) >= 11 is 0. The zero-order valence-corrected chi connectivity index (χ0v) is 11.4. The minimum absolute atomic E-state index is 0.535. The molecule has 0 unspecified atom stereocenters. The molecule has 2 rings (SSSR count). The number of nitriles is 1. The molecule has 1 saturated carbocycles. The van der Waals surface area contributed by atoms with Crippen LogP contribution in [0, 0.1) is 11.3 Å². The standard InChI is InChI=1S/C14H22N4/c1-3-13-12(10-16-11-6-7-11)14(4-2)18(17-13)9-5-8-15/h11,16H,3-7,9-10H2,1-2H3. The summed E-state index contributed by atoms with van der Waals surface area (Å²) in [6, 6.07) is 2.92. The highest BCUT2D eigenvalue weighted by Gasteiger charge is 2.22. The SMILES string of the molecule is CCc1nn(CCC#N)c(CC)c1CNC1CC1. The van der Waals surface area contributed by atoms with E-state index in [1.165, 1.54) is 29.8 Å². The van der Waals surface area contributed by atoms with Crippen LogP contribution in [0.5, 0.6) is 0 Å². The molecule has 0 spiro atoms. The molecule has 1 fully saturated rings. The zero-order valence-electron chi connectivity index (χ0n) is 11.4. The topological polar surface area (TPSA) is 53.6 Å². The summed E-state index contributed by atoms with van der Waals surface area (Å²) in [5.74, 6) is 0. The molecule has 1 aliphatic carbocycles. The lowest BCUT2D eigenvalue weighted by molar-refractivity contribution is 0.589. The lowest BCUT2D eigenvalue weighted by Gasteiger charge is -2.07. The molecule has 4 nitrogen and oxygen atoms in total. The number of hydrogen-bond acceptors (Lipinski definition) is 3. The van der Waals surface area contributed by atoms with Gasteiger partial charge >= 0.3 is 0 Å². The fraction of sp³-hybridized carbons (Fsp3) is 0.714. The summed E-state index contributed by atoms with van der Waals surface area (Å²) in [6.07, 6.45) is 5.11.